The van der Waals surface area contributed by atoms with Gasteiger partial charge in [-0.25, -0.2) is 13.2 Å². The lowest BCUT2D eigenvalue weighted by Crippen LogP contribution is -2.25. The molecule has 1 aromatic carbocycles. The molecule has 0 bridgehead atoms. The molecule has 6 nitrogen and oxygen atoms in total. The maximum absolute atomic E-state index is 12.3. The number of para-hydroxylation sites is 1. The van der Waals surface area contributed by atoms with Crippen molar-refractivity contribution >= 4 is 27.3 Å². The Bertz CT molecular complexity index is 890. The Morgan fingerprint density at radius 3 is 2.71 bits per heavy atom. The van der Waals surface area contributed by atoms with Crippen LogP contribution in [0.4, 0.5) is 0 Å². The fourth-order valence-corrected chi connectivity index (χ4v) is 4.10. The Morgan fingerprint density at radius 2 is 2.00 bits per heavy atom. The average Bonchev–Trinajstić information content (AvgIpc) is 3.09. The van der Waals surface area contributed by atoms with E-state index in [4.69, 9.17) is 4.74 Å². The highest BCUT2D eigenvalue weighted by atomic mass is 32.2. The summed E-state index contributed by atoms with van der Waals surface area (Å²) >= 11 is 1.00. The number of carbonyl (C=O) groups excluding carboxylic acids is 1. The number of sulfonamides is 1. The first-order chi connectivity index (χ1) is 11.5. The fraction of sp³-hybridized carbons (Fsp3) is 0.188. The number of carbonyl (C=O) groups is 1. The van der Waals surface area contributed by atoms with E-state index in [1.54, 1.807) is 12.1 Å². The molecule has 24 heavy (non-hydrogen) atoms. The van der Waals surface area contributed by atoms with Gasteiger partial charge in [0.15, 0.2) is 0 Å². The minimum Gasteiger partial charge on any atom is -0.495 e. The molecule has 0 aliphatic rings. The lowest BCUT2D eigenvalue weighted by atomic mass is 10.2. The van der Waals surface area contributed by atoms with Gasteiger partial charge in [0.1, 0.15) is 15.5 Å². The number of hydrogen-bond acceptors (Lipinski definition) is 6. The molecule has 1 aromatic heterocycles. The van der Waals surface area contributed by atoms with E-state index < -0.39 is 16.0 Å². The Kier molecular flexibility index (Phi) is 5.98. The van der Waals surface area contributed by atoms with Gasteiger partial charge in [0.25, 0.3) is 0 Å². The second kappa shape index (κ2) is 7.97. The number of thiophene rings is 1. The first-order valence-electron chi connectivity index (χ1n) is 6.77. The maximum atomic E-state index is 12.3. The second-order valence-corrected chi connectivity index (χ2v) is 7.08. The topological polar surface area (TPSA) is 81.7 Å². The molecule has 1 N–H and O–H groups in total. The molecule has 0 atom stereocenters. The largest absolute Gasteiger partial charge is 0.495 e. The van der Waals surface area contributed by atoms with E-state index in [1.165, 1.54) is 25.7 Å². The van der Waals surface area contributed by atoms with Crippen LogP contribution in [0.3, 0.4) is 0 Å². The van der Waals surface area contributed by atoms with Crippen molar-refractivity contribution in [1.82, 2.24) is 4.72 Å². The van der Waals surface area contributed by atoms with E-state index in [9.17, 15) is 13.2 Å². The Morgan fingerprint density at radius 1 is 1.25 bits per heavy atom. The number of rotatable bonds is 5. The van der Waals surface area contributed by atoms with Crippen LogP contribution in [-0.4, -0.2) is 35.2 Å². The first kappa shape index (κ1) is 18.0. The van der Waals surface area contributed by atoms with Gasteiger partial charge < -0.3 is 9.47 Å². The number of methoxy groups -OCH3 is 2. The summed E-state index contributed by atoms with van der Waals surface area (Å²) in [5, 5.41) is 1.52. The van der Waals surface area contributed by atoms with Gasteiger partial charge in [0.2, 0.25) is 10.0 Å². The summed E-state index contributed by atoms with van der Waals surface area (Å²) in [6.07, 6.45) is 0. The zero-order valence-electron chi connectivity index (χ0n) is 13.0. The van der Waals surface area contributed by atoms with E-state index in [2.05, 4.69) is 21.3 Å². The van der Waals surface area contributed by atoms with Crippen molar-refractivity contribution in [3.8, 4) is 17.6 Å². The lowest BCUT2D eigenvalue weighted by molar-refractivity contribution is 0.0602. The van der Waals surface area contributed by atoms with Gasteiger partial charge in [-0.2, -0.15) is 4.72 Å². The van der Waals surface area contributed by atoms with Crippen molar-refractivity contribution in [2.45, 2.75) is 4.90 Å². The number of nitrogens with one attached hydrogen (secondary N) is 1. The first-order valence-corrected chi connectivity index (χ1v) is 9.13. The quantitative estimate of drug-likeness (QED) is 0.646. The summed E-state index contributed by atoms with van der Waals surface area (Å²) in [6, 6.07) is 8.52. The molecule has 0 unspecified atom stereocenters. The molecule has 0 saturated carbocycles. The van der Waals surface area contributed by atoms with E-state index in [0.717, 1.165) is 11.3 Å². The summed E-state index contributed by atoms with van der Waals surface area (Å²) < 4.78 is 36.6. The van der Waals surface area contributed by atoms with Crippen LogP contribution in [0.2, 0.25) is 0 Å². The fourth-order valence-electron chi connectivity index (χ4n) is 1.85. The molecule has 2 rings (SSSR count). The van der Waals surface area contributed by atoms with E-state index in [-0.39, 0.29) is 16.3 Å². The van der Waals surface area contributed by atoms with Crippen molar-refractivity contribution in [3.05, 3.63) is 46.2 Å². The molecule has 8 heteroatoms. The van der Waals surface area contributed by atoms with E-state index >= 15 is 0 Å². The standard InChI is InChI=1S/C16H15NO5S2/c1-21-13-8-4-3-6-12(13)7-5-10-17-24(19,20)14-9-11-23-15(14)16(18)22-2/h3-4,6,8-9,11,17H,10H2,1-2H3. The monoisotopic (exact) mass is 365 g/mol. The Hall–Kier alpha value is -2.34. The molecule has 0 radical (unpaired) electrons. The van der Waals surface area contributed by atoms with Gasteiger partial charge in [-0.1, -0.05) is 24.0 Å². The van der Waals surface area contributed by atoms with E-state index in [0.29, 0.717) is 11.3 Å². The summed E-state index contributed by atoms with van der Waals surface area (Å²) in [7, 11) is -1.11. The van der Waals surface area contributed by atoms with Gasteiger partial charge in [-0.05, 0) is 23.6 Å². The zero-order chi connectivity index (χ0) is 17.6. The third-order valence-corrected chi connectivity index (χ3v) is 5.44. The molecule has 126 valence electrons. The van der Waals surface area contributed by atoms with Gasteiger partial charge in [0, 0.05) is 0 Å². The van der Waals surface area contributed by atoms with Gasteiger partial charge >= 0.3 is 5.97 Å². The Labute approximate surface area is 144 Å². The predicted octanol–water partition coefficient (Wildman–Crippen LogP) is 1.87. The minimum absolute atomic E-state index is 0.0303. The third kappa shape index (κ3) is 4.14. The molecule has 1 heterocycles. The normalized spacial score (nSPS) is 10.6. The highest BCUT2D eigenvalue weighted by Gasteiger charge is 2.23. The van der Waals surface area contributed by atoms with Crippen LogP contribution < -0.4 is 9.46 Å². The van der Waals surface area contributed by atoms with E-state index in [1.807, 2.05) is 12.1 Å². The van der Waals surface area contributed by atoms with Crippen LogP contribution in [-0.2, 0) is 14.8 Å². The van der Waals surface area contributed by atoms with Gasteiger partial charge in [0.05, 0.1) is 26.3 Å². The number of esters is 1. The molecule has 2 aromatic rings. The summed E-state index contributed by atoms with van der Waals surface area (Å²) in [4.78, 5) is 11.5. The van der Waals surface area contributed by atoms with Gasteiger partial charge in [-0.3, -0.25) is 0 Å². The van der Waals surface area contributed by atoms with Crippen LogP contribution in [0.1, 0.15) is 15.2 Å². The molecular weight excluding hydrogens is 350 g/mol. The van der Waals surface area contributed by atoms with Crippen LogP contribution in [0, 0.1) is 11.8 Å². The summed E-state index contributed by atoms with van der Waals surface area (Å²) in [5.74, 6) is 5.48. The molecule has 0 spiro atoms. The van der Waals surface area contributed by atoms with Crippen LogP contribution in [0.15, 0.2) is 40.6 Å². The second-order valence-electron chi connectivity index (χ2n) is 4.43. The molecule has 0 fully saturated rings. The minimum atomic E-state index is -3.85. The van der Waals surface area contributed by atoms with Crippen molar-refractivity contribution in [1.29, 1.82) is 0 Å². The highest BCUT2D eigenvalue weighted by molar-refractivity contribution is 7.89. The molecule has 0 amide bonds. The van der Waals surface area contributed by atoms with Crippen molar-refractivity contribution in [2.75, 3.05) is 20.8 Å². The number of benzene rings is 1. The summed E-state index contributed by atoms with van der Waals surface area (Å²) in [6.45, 7) is -0.100. The smallest absolute Gasteiger partial charge is 0.349 e. The predicted molar refractivity (Wildman–Crippen MR) is 90.7 cm³/mol. The molecule has 0 saturated heterocycles. The summed E-state index contributed by atoms with van der Waals surface area (Å²) in [5.41, 5.74) is 0.657. The molecular formula is C16H15NO5S2. The SMILES string of the molecule is COC(=O)c1sccc1S(=O)(=O)NCC#Cc1ccccc1OC. The zero-order valence-corrected chi connectivity index (χ0v) is 14.7. The average molecular weight is 365 g/mol. The van der Waals surface area contributed by atoms with Crippen LogP contribution in [0.5, 0.6) is 5.75 Å². The molecule has 0 aliphatic carbocycles. The van der Waals surface area contributed by atoms with Crippen LogP contribution in [0.25, 0.3) is 0 Å². The highest BCUT2D eigenvalue weighted by Crippen LogP contribution is 2.22. The molecule has 0 aliphatic heterocycles. The third-order valence-electron chi connectivity index (χ3n) is 2.97. The Balaban J connectivity index is 2.11. The van der Waals surface area contributed by atoms with Crippen molar-refractivity contribution < 1.29 is 22.7 Å². The van der Waals surface area contributed by atoms with Crippen molar-refractivity contribution in [3.63, 3.8) is 0 Å². The van der Waals surface area contributed by atoms with Crippen molar-refractivity contribution in [2.24, 2.45) is 0 Å². The number of hydrogen-bond donors (Lipinski definition) is 1. The number of ether oxygens (including phenoxy) is 2. The van der Waals surface area contributed by atoms with Gasteiger partial charge in [-0.15, -0.1) is 11.3 Å². The maximum Gasteiger partial charge on any atom is 0.349 e. The lowest BCUT2D eigenvalue weighted by Gasteiger charge is -2.04. The van der Waals surface area contributed by atoms with Crippen LogP contribution >= 0.6 is 11.3 Å².